The molecule has 0 saturated carbocycles. The number of methoxy groups -OCH3 is 1. The van der Waals surface area contributed by atoms with Crippen LogP contribution in [0.25, 0.3) is 0 Å². The van der Waals surface area contributed by atoms with E-state index >= 15 is 0 Å². The van der Waals surface area contributed by atoms with Crippen LogP contribution in [-0.4, -0.2) is 13.2 Å². The Balaban J connectivity index is 2.20. The van der Waals surface area contributed by atoms with Crippen molar-refractivity contribution in [1.29, 1.82) is 0 Å². The van der Waals surface area contributed by atoms with Crippen LogP contribution in [0.4, 0.5) is 4.39 Å². The summed E-state index contributed by atoms with van der Waals surface area (Å²) in [5, 5.41) is 0.339. The van der Waals surface area contributed by atoms with Gasteiger partial charge in [-0.05, 0) is 43.2 Å². The smallest absolute Gasteiger partial charge is 0.161 e. The van der Waals surface area contributed by atoms with Gasteiger partial charge >= 0.3 is 0 Å². The third-order valence-corrected chi connectivity index (χ3v) is 3.57. The van der Waals surface area contributed by atoms with Crippen molar-refractivity contribution in [3.05, 3.63) is 58.4 Å². The molecule has 1 unspecified atom stereocenters. The molecule has 0 aliphatic rings. The topological polar surface area (TPSA) is 44.5 Å². The molecule has 0 bridgehead atoms. The largest absolute Gasteiger partial charge is 0.493 e. The quantitative estimate of drug-likeness (QED) is 0.875. The van der Waals surface area contributed by atoms with E-state index in [2.05, 4.69) is 0 Å². The van der Waals surface area contributed by atoms with Crippen LogP contribution in [0.2, 0.25) is 5.02 Å². The first-order valence-electron chi connectivity index (χ1n) is 6.99. The molecule has 0 fully saturated rings. The van der Waals surface area contributed by atoms with Crippen molar-refractivity contribution in [3.63, 3.8) is 0 Å². The third-order valence-electron chi connectivity index (χ3n) is 3.22. The molecular formula is C17H19ClFNO2. The predicted octanol–water partition coefficient (Wildman–Crippen LogP) is 3.96. The maximum atomic E-state index is 13.8. The van der Waals surface area contributed by atoms with E-state index in [0.717, 1.165) is 12.0 Å². The highest BCUT2D eigenvalue weighted by molar-refractivity contribution is 6.31. The summed E-state index contributed by atoms with van der Waals surface area (Å²) in [5.41, 5.74) is 7.17. The Bertz CT molecular complexity index is 626. The lowest BCUT2D eigenvalue weighted by Crippen LogP contribution is -2.17. The van der Waals surface area contributed by atoms with Gasteiger partial charge in [0.25, 0.3) is 0 Å². The van der Waals surface area contributed by atoms with Gasteiger partial charge in [0.2, 0.25) is 0 Å². The Morgan fingerprint density at radius 3 is 2.64 bits per heavy atom. The fourth-order valence-corrected chi connectivity index (χ4v) is 2.37. The van der Waals surface area contributed by atoms with Crippen molar-refractivity contribution < 1.29 is 13.9 Å². The predicted molar refractivity (Wildman–Crippen MR) is 86.1 cm³/mol. The molecule has 22 heavy (non-hydrogen) atoms. The van der Waals surface area contributed by atoms with E-state index in [-0.39, 0.29) is 12.6 Å². The number of rotatable bonds is 6. The van der Waals surface area contributed by atoms with Gasteiger partial charge in [-0.3, -0.25) is 0 Å². The van der Waals surface area contributed by atoms with Crippen LogP contribution < -0.4 is 15.2 Å². The molecular weight excluding hydrogens is 305 g/mol. The van der Waals surface area contributed by atoms with Crippen LogP contribution in [0.15, 0.2) is 36.4 Å². The lowest BCUT2D eigenvalue weighted by molar-refractivity contribution is 0.279. The zero-order valence-electron chi connectivity index (χ0n) is 12.6. The Hall–Kier alpha value is -1.78. The molecule has 5 heteroatoms. The standard InChI is InChI=1S/C17H19ClFNO2/c1-11(20)8-12-6-7-16(21-2)17(9-12)22-10-13-14(18)4-3-5-15(13)19/h3-7,9,11H,8,10,20H2,1-2H3. The number of ether oxygens (including phenoxy) is 2. The van der Waals surface area contributed by atoms with Crippen LogP contribution in [0.5, 0.6) is 11.5 Å². The van der Waals surface area contributed by atoms with E-state index < -0.39 is 5.82 Å². The average Bonchev–Trinajstić information content (AvgIpc) is 2.46. The van der Waals surface area contributed by atoms with Crippen molar-refractivity contribution in [2.45, 2.75) is 26.0 Å². The molecule has 0 heterocycles. The van der Waals surface area contributed by atoms with Gasteiger partial charge in [-0.25, -0.2) is 4.39 Å². The zero-order valence-corrected chi connectivity index (χ0v) is 13.4. The van der Waals surface area contributed by atoms with Crippen molar-refractivity contribution >= 4 is 11.6 Å². The molecule has 0 spiro atoms. The third kappa shape index (κ3) is 4.12. The van der Waals surface area contributed by atoms with E-state index in [1.807, 2.05) is 25.1 Å². The fraction of sp³-hybridized carbons (Fsp3) is 0.294. The van der Waals surface area contributed by atoms with E-state index in [1.165, 1.54) is 6.07 Å². The minimum absolute atomic E-state index is 0.0312. The molecule has 0 amide bonds. The molecule has 2 aromatic carbocycles. The number of benzene rings is 2. The van der Waals surface area contributed by atoms with Crippen molar-refractivity contribution in [1.82, 2.24) is 0 Å². The van der Waals surface area contributed by atoms with Gasteiger partial charge in [0.1, 0.15) is 12.4 Å². The Morgan fingerprint density at radius 1 is 1.23 bits per heavy atom. The van der Waals surface area contributed by atoms with Gasteiger partial charge < -0.3 is 15.2 Å². The first kappa shape index (κ1) is 16.6. The van der Waals surface area contributed by atoms with E-state index in [9.17, 15) is 4.39 Å². The summed E-state index contributed by atoms with van der Waals surface area (Å²) in [5.74, 6) is 0.735. The second kappa shape index (κ2) is 7.47. The van der Waals surface area contributed by atoms with Crippen LogP contribution in [0.3, 0.4) is 0 Å². The first-order valence-corrected chi connectivity index (χ1v) is 7.37. The van der Waals surface area contributed by atoms with E-state index in [0.29, 0.717) is 22.1 Å². The highest BCUT2D eigenvalue weighted by atomic mass is 35.5. The van der Waals surface area contributed by atoms with Crippen LogP contribution in [0, 0.1) is 5.82 Å². The van der Waals surface area contributed by atoms with E-state index in [1.54, 1.807) is 19.2 Å². The fourth-order valence-electron chi connectivity index (χ4n) is 2.15. The molecule has 2 N–H and O–H groups in total. The second-order valence-corrected chi connectivity index (χ2v) is 5.56. The molecule has 118 valence electrons. The Labute approximate surface area is 134 Å². The van der Waals surface area contributed by atoms with Crippen molar-refractivity contribution in [2.24, 2.45) is 5.73 Å². The lowest BCUT2D eigenvalue weighted by atomic mass is 10.1. The summed E-state index contributed by atoms with van der Waals surface area (Å²) in [6.45, 7) is 1.97. The normalized spacial score (nSPS) is 12.0. The van der Waals surface area contributed by atoms with Gasteiger partial charge in [0, 0.05) is 11.6 Å². The molecule has 0 aromatic heterocycles. The highest BCUT2D eigenvalue weighted by Gasteiger charge is 2.11. The molecule has 3 nitrogen and oxygen atoms in total. The molecule has 2 aromatic rings. The second-order valence-electron chi connectivity index (χ2n) is 5.16. The minimum atomic E-state index is -0.391. The number of nitrogens with two attached hydrogens (primary N) is 1. The maximum absolute atomic E-state index is 13.8. The number of halogens is 2. The molecule has 0 radical (unpaired) electrons. The molecule has 1 atom stereocenters. The monoisotopic (exact) mass is 323 g/mol. The molecule has 0 saturated heterocycles. The average molecular weight is 324 g/mol. The Kier molecular flexibility index (Phi) is 5.63. The van der Waals surface area contributed by atoms with E-state index in [4.69, 9.17) is 26.8 Å². The van der Waals surface area contributed by atoms with Gasteiger partial charge in [-0.2, -0.15) is 0 Å². The summed E-state index contributed by atoms with van der Waals surface area (Å²) in [6.07, 6.45) is 0.723. The first-order chi connectivity index (χ1) is 10.5. The van der Waals surface area contributed by atoms with Crippen LogP contribution >= 0.6 is 11.6 Å². The molecule has 2 rings (SSSR count). The SMILES string of the molecule is COc1ccc(CC(C)N)cc1OCc1c(F)cccc1Cl. The number of hydrogen-bond donors (Lipinski definition) is 1. The Morgan fingerprint density at radius 2 is 2.00 bits per heavy atom. The molecule has 0 aliphatic heterocycles. The highest BCUT2D eigenvalue weighted by Crippen LogP contribution is 2.30. The van der Waals surface area contributed by atoms with Crippen LogP contribution in [0.1, 0.15) is 18.1 Å². The molecule has 0 aliphatic carbocycles. The summed E-state index contributed by atoms with van der Waals surface area (Å²) in [4.78, 5) is 0. The number of hydrogen-bond acceptors (Lipinski definition) is 3. The summed E-state index contributed by atoms with van der Waals surface area (Å²) in [7, 11) is 1.56. The van der Waals surface area contributed by atoms with Crippen LogP contribution in [-0.2, 0) is 13.0 Å². The van der Waals surface area contributed by atoms with Crippen molar-refractivity contribution in [2.75, 3.05) is 7.11 Å². The van der Waals surface area contributed by atoms with Gasteiger partial charge in [-0.1, -0.05) is 23.7 Å². The van der Waals surface area contributed by atoms with Gasteiger partial charge in [-0.15, -0.1) is 0 Å². The zero-order chi connectivity index (χ0) is 16.1. The summed E-state index contributed by atoms with van der Waals surface area (Å²) < 4.78 is 24.8. The van der Waals surface area contributed by atoms with Crippen molar-refractivity contribution in [3.8, 4) is 11.5 Å². The van der Waals surface area contributed by atoms with Gasteiger partial charge in [0.05, 0.1) is 12.1 Å². The maximum Gasteiger partial charge on any atom is 0.161 e. The van der Waals surface area contributed by atoms with Gasteiger partial charge in [0.15, 0.2) is 11.5 Å². The summed E-state index contributed by atoms with van der Waals surface area (Å²) in [6, 6.07) is 10.2. The minimum Gasteiger partial charge on any atom is -0.493 e. The lowest BCUT2D eigenvalue weighted by Gasteiger charge is -2.14. The summed E-state index contributed by atoms with van der Waals surface area (Å²) >= 11 is 6.00.